The van der Waals surface area contributed by atoms with Crippen molar-refractivity contribution < 1.29 is 1.43 Å². The minimum Gasteiger partial charge on any atom is -0.385 e. The predicted molar refractivity (Wildman–Crippen MR) is 46.8 cm³/mol. The quantitative estimate of drug-likeness (QED) is 0.615. The Morgan fingerprint density at radius 1 is 1.60 bits per heavy atom. The number of nitrogens with one attached hydrogen (secondary N) is 1. The minimum atomic E-state index is 0. The molecule has 1 aliphatic carbocycles. The molecule has 0 amide bonds. The van der Waals surface area contributed by atoms with Crippen LogP contribution in [0.2, 0.25) is 0 Å². The lowest BCUT2D eigenvalue weighted by Crippen LogP contribution is -2.09. The van der Waals surface area contributed by atoms with E-state index in [9.17, 15) is 0 Å². The van der Waals surface area contributed by atoms with E-state index in [-0.39, 0.29) is 1.43 Å². The van der Waals surface area contributed by atoms with Crippen LogP contribution in [0.3, 0.4) is 0 Å². The molecule has 0 saturated carbocycles. The van der Waals surface area contributed by atoms with Crippen LogP contribution in [0.4, 0.5) is 0 Å². The molecule has 0 bridgehead atoms. The molecule has 0 unspecified atom stereocenters. The highest BCUT2D eigenvalue weighted by atomic mass is 14.9. The second-order valence-electron chi connectivity index (χ2n) is 2.22. The van der Waals surface area contributed by atoms with E-state index in [0.717, 1.165) is 13.0 Å². The fourth-order valence-electron chi connectivity index (χ4n) is 0.901. The summed E-state index contributed by atoms with van der Waals surface area (Å²) in [5.41, 5.74) is 1.20. The van der Waals surface area contributed by atoms with Crippen molar-refractivity contribution in [3.05, 3.63) is 36.1 Å². The fraction of sp³-hybridized carbons (Fsp3) is 0.333. The summed E-state index contributed by atoms with van der Waals surface area (Å²) in [4.78, 5) is 0. The van der Waals surface area contributed by atoms with Crippen LogP contribution in [-0.2, 0) is 0 Å². The first-order valence-electron chi connectivity index (χ1n) is 3.70. The van der Waals surface area contributed by atoms with Gasteiger partial charge in [-0.05, 0) is 25.5 Å². The van der Waals surface area contributed by atoms with Crippen molar-refractivity contribution >= 4 is 0 Å². The number of allylic oxidation sites excluding steroid dienone is 5. The van der Waals surface area contributed by atoms with Gasteiger partial charge >= 0.3 is 0 Å². The van der Waals surface area contributed by atoms with Crippen LogP contribution in [0, 0.1) is 0 Å². The van der Waals surface area contributed by atoms with Crippen LogP contribution in [0.1, 0.15) is 14.8 Å². The topological polar surface area (TPSA) is 12.0 Å². The summed E-state index contributed by atoms with van der Waals surface area (Å²) in [6.45, 7) is 3.09. The maximum atomic E-state index is 3.25. The van der Waals surface area contributed by atoms with Crippen molar-refractivity contribution in [3.63, 3.8) is 0 Å². The second-order valence-corrected chi connectivity index (χ2v) is 2.22. The Bertz CT molecular complexity index is 180. The summed E-state index contributed by atoms with van der Waals surface area (Å²) >= 11 is 0. The van der Waals surface area contributed by atoms with Gasteiger partial charge in [0.05, 0.1) is 0 Å². The summed E-state index contributed by atoms with van der Waals surface area (Å²) in [5.74, 6) is 0. The van der Waals surface area contributed by atoms with Crippen LogP contribution in [0.15, 0.2) is 36.1 Å². The summed E-state index contributed by atoms with van der Waals surface area (Å²) in [6, 6.07) is 0. The van der Waals surface area contributed by atoms with Gasteiger partial charge in [-0.3, -0.25) is 0 Å². The molecule has 0 heterocycles. The fourth-order valence-corrected chi connectivity index (χ4v) is 0.901. The molecule has 0 atom stereocenters. The van der Waals surface area contributed by atoms with Gasteiger partial charge in [-0.25, -0.2) is 0 Å². The van der Waals surface area contributed by atoms with E-state index in [1.165, 1.54) is 5.70 Å². The lowest BCUT2D eigenvalue weighted by atomic mass is 10.3. The van der Waals surface area contributed by atoms with Gasteiger partial charge < -0.3 is 5.32 Å². The van der Waals surface area contributed by atoms with Crippen LogP contribution in [0.5, 0.6) is 0 Å². The Kier molecular flexibility index (Phi) is 2.81. The molecule has 0 radical (unpaired) electrons. The number of hydrogen-bond acceptors (Lipinski definition) is 1. The van der Waals surface area contributed by atoms with Gasteiger partial charge in [-0.1, -0.05) is 18.2 Å². The van der Waals surface area contributed by atoms with Crippen molar-refractivity contribution in [2.24, 2.45) is 0 Å². The van der Waals surface area contributed by atoms with Gasteiger partial charge in [0.2, 0.25) is 0 Å². The molecule has 0 aliphatic heterocycles. The normalized spacial score (nSPS) is 16.3. The molecular formula is C9H15N. The smallest absolute Gasteiger partial charge is 0.0336 e. The molecular weight excluding hydrogens is 122 g/mol. The zero-order valence-corrected chi connectivity index (χ0v) is 6.30. The summed E-state index contributed by atoms with van der Waals surface area (Å²) in [6.07, 6.45) is 11.6. The maximum absolute atomic E-state index is 3.25. The number of likely N-dealkylation sites (N-methyl/N-ethyl adjacent to an activating group) is 1. The summed E-state index contributed by atoms with van der Waals surface area (Å²) < 4.78 is 0. The van der Waals surface area contributed by atoms with E-state index in [1.807, 2.05) is 0 Å². The van der Waals surface area contributed by atoms with E-state index in [4.69, 9.17) is 0 Å². The summed E-state index contributed by atoms with van der Waals surface area (Å²) in [5, 5.41) is 3.25. The molecule has 0 aromatic rings. The van der Waals surface area contributed by atoms with Gasteiger partial charge in [-0.15, -0.1) is 0 Å². The SMILES string of the molecule is CCNC1=CC=CCC=C1.[HH]. The first kappa shape index (κ1) is 7.13. The zero-order chi connectivity index (χ0) is 7.23. The van der Waals surface area contributed by atoms with Crippen molar-refractivity contribution in [3.8, 4) is 0 Å². The molecule has 56 valence electrons. The lowest BCUT2D eigenvalue weighted by molar-refractivity contribution is 0.879. The van der Waals surface area contributed by atoms with Gasteiger partial charge in [-0.2, -0.15) is 0 Å². The van der Waals surface area contributed by atoms with Crippen LogP contribution < -0.4 is 5.32 Å². The predicted octanol–water partition coefficient (Wildman–Crippen LogP) is 2.24. The van der Waals surface area contributed by atoms with E-state index in [1.54, 1.807) is 0 Å². The molecule has 1 aliphatic rings. The van der Waals surface area contributed by atoms with Gasteiger partial charge in [0, 0.05) is 13.7 Å². The Balaban J connectivity index is 0.000001000. The van der Waals surface area contributed by atoms with Crippen molar-refractivity contribution in [2.45, 2.75) is 13.3 Å². The third-order valence-corrected chi connectivity index (χ3v) is 1.36. The molecule has 1 heteroatoms. The monoisotopic (exact) mass is 137 g/mol. The van der Waals surface area contributed by atoms with E-state index in [2.05, 4.69) is 42.6 Å². The van der Waals surface area contributed by atoms with Crippen LogP contribution in [-0.4, -0.2) is 6.54 Å². The Labute approximate surface area is 63.6 Å². The Morgan fingerprint density at radius 3 is 3.30 bits per heavy atom. The van der Waals surface area contributed by atoms with Crippen molar-refractivity contribution in [2.75, 3.05) is 6.54 Å². The third-order valence-electron chi connectivity index (χ3n) is 1.36. The van der Waals surface area contributed by atoms with E-state index in [0.29, 0.717) is 0 Å². The molecule has 1 rings (SSSR count). The van der Waals surface area contributed by atoms with Crippen molar-refractivity contribution in [1.82, 2.24) is 5.32 Å². The maximum Gasteiger partial charge on any atom is 0.0336 e. The van der Waals surface area contributed by atoms with Gasteiger partial charge in [0.15, 0.2) is 0 Å². The van der Waals surface area contributed by atoms with Crippen LogP contribution >= 0.6 is 0 Å². The molecule has 1 N–H and O–H groups in total. The van der Waals surface area contributed by atoms with Gasteiger partial charge in [0.25, 0.3) is 0 Å². The first-order chi connectivity index (χ1) is 4.93. The Hall–Kier alpha value is -0.980. The molecule has 0 fully saturated rings. The summed E-state index contributed by atoms with van der Waals surface area (Å²) in [7, 11) is 0. The lowest BCUT2D eigenvalue weighted by Gasteiger charge is -2.00. The largest absolute Gasteiger partial charge is 0.385 e. The number of hydrogen-bond donors (Lipinski definition) is 1. The van der Waals surface area contributed by atoms with E-state index >= 15 is 0 Å². The minimum absolute atomic E-state index is 0. The third kappa shape index (κ3) is 2.09. The van der Waals surface area contributed by atoms with Crippen LogP contribution in [0.25, 0.3) is 0 Å². The average Bonchev–Trinajstić information content (AvgIpc) is 2.17. The van der Waals surface area contributed by atoms with Gasteiger partial charge in [0.1, 0.15) is 0 Å². The first-order valence-corrected chi connectivity index (χ1v) is 3.70. The molecule has 1 nitrogen and oxygen atoms in total. The van der Waals surface area contributed by atoms with Crippen molar-refractivity contribution in [1.29, 1.82) is 0 Å². The van der Waals surface area contributed by atoms with E-state index < -0.39 is 0 Å². The molecule has 0 saturated heterocycles. The highest BCUT2D eigenvalue weighted by Crippen LogP contribution is 2.00. The molecule has 0 spiro atoms. The molecule has 0 aromatic heterocycles. The zero-order valence-electron chi connectivity index (χ0n) is 6.30. The highest BCUT2D eigenvalue weighted by Gasteiger charge is 1.87. The number of rotatable bonds is 2. The standard InChI is InChI=1S/C9H13N.H2/c1-2-10-9-7-5-3-4-6-8-9;/h3,5-8,10H,2,4H2,1H3;1H. The molecule has 10 heavy (non-hydrogen) atoms. The highest BCUT2D eigenvalue weighted by molar-refractivity contribution is 5.25. The second kappa shape index (κ2) is 3.94. The average molecular weight is 137 g/mol. The Morgan fingerprint density at radius 2 is 2.50 bits per heavy atom. The molecule has 0 aromatic carbocycles.